The number of pyridine rings is 1. The van der Waals surface area contributed by atoms with Crippen LogP contribution in [0.5, 0.6) is 0 Å². The molecule has 27 heavy (non-hydrogen) atoms. The summed E-state index contributed by atoms with van der Waals surface area (Å²) in [6.45, 7) is 4.43. The minimum atomic E-state index is -0.253. The van der Waals surface area contributed by atoms with Crippen molar-refractivity contribution in [1.82, 2.24) is 20.0 Å². The minimum absolute atomic E-state index is 0.247. The SMILES string of the molecule is CC(C)Cc1noc(CN(C)C(=O)Nc2cccc(-c3ccccn3)c2)n1. The first-order chi connectivity index (χ1) is 13.0. The van der Waals surface area contributed by atoms with Crippen molar-refractivity contribution in [2.24, 2.45) is 5.92 Å². The van der Waals surface area contributed by atoms with E-state index in [1.54, 1.807) is 13.2 Å². The van der Waals surface area contributed by atoms with Crippen molar-refractivity contribution in [1.29, 1.82) is 0 Å². The highest BCUT2D eigenvalue weighted by Gasteiger charge is 2.15. The normalized spacial score (nSPS) is 10.8. The zero-order valence-electron chi connectivity index (χ0n) is 15.7. The molecule has 0 aliphatic heterocycles. The molecule has 0 bridgehead atoms. The van der Waals surface area contributed by atoms with Crippen LogP contribution in [-0.2, 0) is 13.0 Å². The smallest absolute Gasteiger partial charge is 0.322 e. The summed E-state index contributed by atoms with van der Waals surface area (Å²) >= 11 is 0. The molecular formula is C20H23N5O2. The number of urea groups is 1. The van der Waals surface area contributed by atoms with Gasteiger partial charge in [-0.3, -0.25) is 4.98 Å². The van der Waals surface area contributed by atoms with E-state index in [1.165, 1.54) is 4.90 Å². The van der Waals surface area contributed by atoms with Gasteiger partial charge in [0.15, 0.2) is 5.82 Å². The maximum Gasteiger partial charge on any atom is 0.322 e. The molecule has 0 radical (unpaired) electrons. The van der Waals surface area contributed by atoms with Crippen molar-refractivity contribution in [3.05, 3.63) is 60.4 Å². The molecular weight excluding hydrogens is 342 g/mol. The summed E-state index contributed by atoms with van der Waals surface area (Å²) in [7, 11) is 1.68. The van der Waals surface area contributed by atoms with Crippen molar-refractivity contribution in [3.63, 3.8) is 0 Å². The number of nitrogens with zero attached hydrogens (tertiary/aromatic N) is 4. The van der Waals surface area contributed by atoms with Gasteiger partial charge in [-0.25, -0.2) is 4.79 Å². The Bertz CT molecular complexity index is 892. The Morgan fingerprint density at radius 1 is 1.22 bits per heavy atom. The molecule has 2 aromatic heterocycles. The van der Waals surface area contributed by atoms with Crippen LogP contribution in [0.3, 0.4) is 0 Å². The Kier molecular flexibility index (Phi) is 5.80. The summed E-state index contributed by atoms with van der Waals surface area (Å²) < 4.78 is 5.22. The van der Waals surface area contributed by atoms with Crippen LogP contribution < -0.4 is 5.32 Å². The lowest BCUT2D eigenvalue weighted by Gasteiger charge is -2.16. The van der Waals surface area contributed by atoms with Crippen LogP contribution >= 0.6 is 0 Å². The molecule has 0 spiro atoms. The zero-order valence-corrected chi connectivity index (χ0v) is 15.7. The van der Waals surface area contributed by atoms with E-state index in [-0.39, 0.29) is 12.6 Å². The van der Waals surface area contributed by atoms with Crippen LogP contribution in [0.15, 0.2) is 53.2 Å². The van der Waals surface area contributed by atoms with Crippen LogP contribution in [0.25, 0.3) is 11.3 Å². The number of rotatable bonds is 6. The fourth-order valence-corrected chi connectivity index (χ4v) is 2.59. The molecule has 2 heterocycles. The van der Waals surface area contributed by atoms with E-state index in [0.29, 0.717) is 23.3 Å². The number of hydrogen-bond donors (Lipinski definition) is 1. The maximum atomic E-state index is 12.5. The minimum Gasteiger partial charge on any atom is -0.337 e. The molecule has 1 N–H and O–H groups in total. The average molecular weight is 365 g/mol. The third-order valence-corrected chi connectivity index (χ3v) is 3.89. The molecule has 0 saturated carbocycles. The number of amides is 2. The summed E-state index contributed by atoms with van der Waals surface area (Å²) in [5.41, 5.74) is 2.48. The van der Waals surface area contributed by atoms with Gasteiger partial charge in [-0.2, -0.15) is 4.98 Å². The molecule has 7 heteroatoms. The number of carbonyl (C=O) groups is 1. The predicted octanol–water partition coefficient (Wildman–Crippen LogP) is 3.99. The molecule has 3 aromatic rings. The van der Waals surface area contributed by atoms with Gasteiger partial charge in [0.2, 0.25) is 5.89 Å². The molecule has 1 aromatic carbocycles. The fourth-order valence-electron chi connectivity index (χ4n) is 2.59. The summed E-state index contributed by atoms with van der Waals surface area (Å²) in [6, 6.07) is 13.0. The van der Waals surface area contributed by atoms with Gasteiger partial charge in [-0.15, -0.1) is 0 Å². The molecule has 140 valence electrons. The lowest BCUT2D eigenvalue weighted by Crippen LogP contribution is -2.31. The second kappa shape index (κ2) is 8.44. The second-order valence-corrected chi connectivity index (χ2v) is 6.78. The molecule has 3 rings (SSSR count). The van der Waals surface area contributed by atoms with Crippen LogP contribution in [0, 0.1) is 5.92 Å². The third-order valence-electron chi connectivity index (χ3n) is 3.89. The molecule has 0 aliphatic rings. The Balaban J connectivity index is 1.62. The van der Waals surface area contributed by atoms with Crippen molar-refractivity contribution in [2.45, 2.75) is 26.8 Å². The highest BCUT2D eigenvalue weighted by molar-refractivity contribution is 5.89. The van der Waals surface area contributed by atoms with Gasteiger partial charge in [0, 0.05) is 30.9 Å². The lowest BCUT2D eigenvalue weighted by molar-refractivity contribution is 0.213. The van der Waals surface area contributed by atoms with Crippen molar-refractivity contribution < 1.29 is 9.32 Å². The van der Waals surface area contributed by atoms with E-state index < -0.39 is 0 Å². The first-order valence-corrected chi connectivity index (χ1v) is 8.86. The zero-order chi connectivity index (χ0) is 19.2. The molecule has 7 nitrogen and oxygen atoms in total. The van der Waals surface area contributed by atoms with Gasteiger partial charge in [0.05, 0.1) is 5.69 Å². The number of benzene rings is 1. The summed E-state index contributed by atoms with van der Waals surface area (Å²) in [4.78, 5) is 22.6. The Morgan fingerprint density at radius 2 is 2.07 bits per heavy atom. The standard InChI is InChI=1S/C20H23N5O2/c1-14(2)11-18-23-19(27-24-18)13-25(3)20(26)22-16-8-6-7-15(12-16)17-9-4-5-10-21-17/h4-10,12,14H,11,13H2,1-3H3,(H,22,26). The fraction of sp³-hybridized carbons (Fsp3) is 0.300. The van der Waals surface area contributed by atoms with E-state index in [1.807, 2.05) is 42.5 Å². The van der Waals surface area contributed by atoms with E-state index in [9.17, 15) is 4.79 Å². The summed E-state index contributed by atoms with van der Waals surface area (Å²) in [5, 5.41) is 6.83. The van der Waals surface area contributed by atoms with E-state index in [0.717, 1.165) is 17.7 Å². The Morgan fingerprint density at radius 3 is 2.81 bits per heavy atom. The van der Waals surface area contributed by atoms with Crippen molar-refractivity contribution in [3.8, 4) is 11.3 Å². The van der Waals surface area contributed by atoms with E-state index in [4.69, 9.17) is 4.52 Å². The quantitative estimate of drug-likeness (QED) is 0.714. The largest absolute Gasteiger partial charge is 0.337 e. The topological polar surface area (TPSA) is 84.2 Å². The number of hydrogen-bond acceptors (Lipinski definition) is 5. The van der Waals surface area contributed by atoms with Gasteiger partial charge in [-0.1, -0.05) is 37.2 Å². The predicted molar refractivity (Wildman–Crippen MR) is 103 cm³/mol. The molecule has 2 amide bonds. The molecule has 0 fully saturated rings. The first kappa shape index (κ1) is 18.6. The Hall–Kier alpha value is -3.22. The summed E-state index contributed by atoms with van der Waals surface area (Å²) in [6.07, 6.45) is 2.49. The number of nitrogens with one attached hydrogen (secondary N) is 1. The lowest BCUT2D eigenvalue weighted by atomic mass is 10.1. The first-order valence-electron chi connectivity index (χ1n) is 8.86. The van der Waals surface area contributed by atoms with E-state index in [2.05, 4.69) is 34.3 Å². The Labute approximate surface area is 158 Å². The molecule has 0 saturated heterocycles. The van der Waals surface area contributed by atoms with Crippen molar-refractivity contribution in [2.75, 3.05) is 12.4 Å². The maximum absolute atomic E-state index is 12.5. The van der Waals surface area contributed by atoms with E-state index >= 15 is 0 Å². The average Bonchev–Trinajstić information content (AvgIpc) is 3.08. The van der Waals surface area contributed by atoms with Gasteiger partial charge in [0.1, 0.15) is 6.54 Å². The number of anilines is 1. The van der Waals surface area contributed by atoms with Crippen molar-refractivity contribution >= 4 is 11.7 Å². The highest BCUT2D eigenvalue weighted by atomic mass is 16.5. The second-order valence-electron chi connectivity index (χ2n) is 6.78. The summed E-state index contributed by atoms with van der Waals surface area (Å²) in [5.74, 6) is 1.53. The molecule has 0 atom stereocenters. The highest BCUT2D eigenvalue weighted by Crippen LogP contribution is 2.20. The van der Waals surface area contributed by atoms with Gasteiger partial charge >= 0.3 is 6.03 Å². The number of aromatic nitrogens is 3. The van der Waals surface area contributed by atoms with Gasteiger partial charge in [0.25, 0.3) is 0 Å². The monoisotopic (exact) mass is 365 g/mol. The number of carbonyl (C=O) groups excluding carboxylic acids is 1. The van der Waals surface area contributed by atoms with Crippen LogP contribution in [0.1, 0.15) is 25.6 Å². The third kappa shape index (κ3) is 5.13. The van der Waals surface area contributed by atoms with Crippen LogP contribution in [0.2, 0.25) is 0 Å². The van der Waals surface area contributed by atoms with Gasteiger partial charge in [-0.05, 0) is 30.2 Å². The van der Waals surface area contributed by atoms with Crippen LogP contribution in [0.4, 0.5) is 10.5 Å². The molecule has 0 aliphatic carbocycles. The van der Waals surface area contributed by atoms with Gasteiger partial charge < -0.3 is 14.7 Å². The molecule has 0 unspecified atom stereocenters. The van der Waals surface area contributed by atoms with Crippen LogP contribution in [-0.4, -0.2) is 33.1 Å².